The number of anilines is 1. The number of carbonyl (C=O) groups is 1. The average molecular weight is 254 g/mol. The van der Waals surface area contributed by atoms with Gasteiger partial charge in [-0.2, -0.15) is 0 Å². The molecule has 1 N–H and O–H groups in total. The topological polar surface area (TPSA) is 38.3 Å². The van der Waals surface area contributed by atoms with Gasteiger partial charge in [-0.3, -0.25) is 4.79 Å². The normalized spacial score (nSPS) is 16.9. The summed E-state index contributed by atoms with van der Waals surface area (Å²) < 4.78 is 5.10. The van der Waals surface area contributed by atoms with Crippen LogP contribution in [0, 0.1) is 0 Å². The molecule has 0 unspecified atom stereocenters. The van der Waals surface area contributed by atoms with Gasteiger partial charge in [0.15, 0.2) is 0 Å². The predicted octanol–water partition coefficient (Wildman–Crippen LogP) is 3.27. The summed E-state index contributed by atoms with van der Waals surface area (Å²) in [6.45, 7) is 0. The van der Waals surface area contributed by atoms with E-state index >= 15 is 0 Å². The van der Waals surface area contributed by atoms with Crippen LogP contribution in [0.1, 0.15) is 25.7 Å². The van der Waals surface area contributed by atoms with E-state index in [0.717, 1.165) is 18.5 Å². The third-order valence-electron chi connectivity index (χ3n) is 3.07. The van der Waals surface area contributed by atoms with Gasteiger partial charge in [-0.05, 0) is 31.0 Å². The minimum absolute atomic E-state index is 0.371. The second-order valence-corrected chi connectivity index (χ2v) is 4.71. The summed E-state index contributed by atoms with van der Waals surface area (Å²) in [7, 11) is 1.60. The van der Waals surface area contributed by atoms with Gasteiger partial charge >= 0.3 is 0 Å². The molecule has 1 aliphatic rings. The molecule has 1 saturated carbocycles. The van der Waals surface area contributed by atoms with E-state index in [2.05, 4.69) is 5.32 Å². The Morgan fingerprint density at radius 2 is 2.06 bits per heavy atom. The number of hydrogen-bond donors (Lipinski definition) is 1. The van der Waals surface area contributed by atoms with Gasteiger partial charge in [0.25, 0.3) is 0 Å². The molecule has 4 heteroatoms. The number of ketones is 1. The summed E-state index contributed by atoms with van der Waals surface area (Å²) in [5, 5.41) is 4.00. The molecule has 92 valence electrons. The van der Waals surface area contributed by atoms with Gasteiger partial charge in [0.05, 0.1) is 12.1 Å². The fourth-order valence-corrected chi connectivity index (χ4v) is 2.33. The maximum atomic E-state index is 11.1. The molecule has 1 aromatic rings. The molecule has 0 spiro atoms. The van der Waals surface area contributed by atoms with Gasteiger partial charge in [0, 0.05) is 24.6 Å². The van der Waals surface area contributed by atoms with Crippen molar-refractivity contribution in [2.24, 2.45) is 0 Å². The van der Waals surface area contributed by atoms with Gasteiger partial charge in [-0.25, -0.2) is 0 Å². The number of carbonyl (C=O) groups excluding carboxylic acids is 1. The van der Waals surface area contributed by atoms with Crippen LogP contribution in [0.15, 0.2) is 18.2 Å². The van der Waals surface area contributed by atoms with Crippen molar-refractivity contribution in [3.8, 4) is 5.75 Å². The molecule has 0 aliphatic heterocycles. The lowest BCUT2D eigenvalue weighted by Gasteiger charge is -2.23. The van der Waals surface area contributed by atoms with Crippen LogP contribution in [0.4, 0.5) is 5.69 Å². The molecule has 0 heterocycles. The highest BCUT2D eigenvalue weighted by molar-refractivity contribution is 6.32. The summed E-state index contributed by atoms with van der Waals surface area (Å²) in [5.41, 5.74) is 0.982. The van der Waals surface area contributed by atoms with E-state index in [1.807, 2.05) is 18.2 Å². The zero-order valence-electron chi connectivity index (χ0n) is 9.83. The number of benzene rings is 1. The molecule has 0 aromatic heterocycles. The molecule has 0 atom stereocenters. The Labute approximate surface area is 106 Å². The minimum atomic E-state index is 0.371. The van der Waals surface area contributed by atoms with Crippen molar-refractivity contribution in [3.05, 3.63) is 23.2 Å². The van der Waals surface area contributed by atoms with Crippen molar-refractivity contribution in [1.82, 2.24) is 0 Å². The fraction of sp³-hybridized carbons (Fsp3) is 0.462. The number of nitrogens with one attached hydrogen (secondary N) is 1. The summed E-state index contributed by atoms with van der Waals surface area (Å²) in [6.07, 6.45) is 3.17. The lowest BCUT2D eigenvalue weighted by atomic mass is 9.94. The van der Waals surface area contributed by atoms with Crippen molar-refractivity contribution in [2.75, 3.05) is 12.4 Å². The van der Waals surface area contributed by atoms with Gasteiger partial charge in [0.2, 0.25) is 0 Å². The smallest absolute Gasteiger partial charge is 0.137 e. The fourth-order valence-electron chi connectivity index (χ4n) is 2.08. The molecule has 1 aromatic carbocycles. The number of hydrogen-bond acceptors (Lipinski definition) is 3. The van der Waals surface area contributed by atoms with Crippen molar-refractivity contribution in [1.29, 1.82) is 0 Å². The van der Waals surface area contributed by atoms with E-state index in [1.54, 1.807) is 7.11 Å². The van der Waals surface area contributed by atoms with E-state index in [-0.39, 0.29) is 0 Å². The maximum Gasteiger partial charge on any atom is 0.137 e. The summed E-state index contributed by atoms with van der Waals surface area (Å²) in [4.78, 5) is 11.1. The Morgan fingerprint density at radius 1 is 1.35 bits per heavy atom. The first-order valence-corrected chi connectivity index (χ1v) is 6.18. The summed E-state index contributed by atoms with van der Waals surface area (Å²) in [5.74, 6) is 1.05. The third kappa shape index (κ3) is 3.13. The first-order chi connectivity index (χ1) is 8.19. The van der Waals surface area contributed by atoms with Gasteiger partial charge in [0.1, 0.15) is 11.5 Å². The van der Waals surface area contributed by atoms with Crippen LogP contribution in [-0.2, 0) is 4.79 Å². The van der Waals surface area contributed by atoms with Crippen LogP contribution >= 0.6 is 11.6 Å². The highest BCUT2D eigenvalue weighted by Gasteiger charge is 2.18. The molecular weight excluding hydrogens is 238 g/mol. The quantitative estimate of drug-likeness (QED) is 0.899. The molecule has 2 rings (SSSR count). The maximum absolute atomic E-state index is 11.1. The number of ether oxygens (including phenoxy) is 1. The van der Waals surface area contributed by atoms with E-state index in [0.29, 0.717) is 35.4 Å². The zero-order chi connectivity index (χ0) is 12.3. The van der Waals surface area contributed by atoms with Crippen molar-refractivity contribution < 1.29 is 9.53 Å². The SMILES string of the molecule is COc1ccc(NC2CCC(=O)CC2)cc1Cl. The van der Waals surface area contributed by atoms with Crippen LogP contribution in [0.2, 0.25) is 5.02 Å². The molecule has 3 nitrogen and oxygen atoms in total. The van der Waals surface area contributed by atoms with Crippen LogP contribution in [-0.4, -0.2) is 18.9 Å². The molecular formula is C13H16ClNO2. The summed E-state index contributed by atoms with van der Waals surface area (Å²) >= 11 is 6.05. The number of methoxy groups -OCH3 is 1. The molecule has 0 bridgehead atoms. The molecule has 0 saturated heterocycles. The highest BCUT2D eigenvalue weighted by Crippen LogP contribution is 2.28. The molecule has 0 radical (unpaired) electrons. The Balaban J connectivity index is 1.99. The van der Waals surface area contributed by atoms with Gasteiger partial charge in [-0.15, -0.1) is 0 Å². The van der Waals surface area contributed by atoms with E-state index in [4.69, 9.17) is 16.3 Å². The molecule has 1 aliphatic carbocycles. The van der Waals surface area contributed by atoms with Crippen molar-refractivity contribution in [3.63, 3.8) is 0 Å². The van der Waals surface area contributed by atoms with Gasteiger partial charge < -0.3 is 10.1 Å². The molecule has 0 amide bonds. The number of rotatable bonds is 3. The minimum Gasteiger partial charge on any atom is -0.495 e. The van der Waals surface area contributed by atoms with Crippen LogP contribution in [0.5, 0.6) is 5.75 Å². The number of Topliss-reactive ketones (excluding diaryl/α,β-unsaturated/α-hetero) is 1. The first kappa shape index (κ1) is 12.2. The monoisotopic (exact) mass is 253 g/mol. The van der Waals surface area contributed by atoms with E-state index in [1.165, 1.54) is 0 Å². The molecule has 1 fully saturated rings. The summed E-state index contributed by atoms with van der Waals surface area (Å²) in [6, 6.07) is 6.02. The predicted molar refractivity (Wildman–Crippen MR) is 68.9 cm³/mol. The van der Waals surface area contributed by atoms with Crippen LogP contribution in [0.3, 0.4) is 0 Å². The first-order valence-electron chi connectivity index (χ1n) is 5.81. The van der Waals surface area contributed by atoms with Crippen molar-refractivity contribution >= 4 is 23.1 Å². The zero-order valence-corrected chi connectivity index (χ0v) is 10.6. The standard InChI is InChI=1S/C13H16ClNO2/c1-17-13-7-4-10(8-12(13)14)15-9-2-5-11(16)6-3-9/h4,7-9,15H,2-3,5-6H2,1H3. The second kappa shape index (κ2) is 5.41. The third-order valence-corrected chi connectivity index (χ3v) is 3.36. The highest BCUT2D eigenvalue weighted by atomic mass is 35.5. The Hall–Kier alpha value is -1.22. The Morgan fingerprint density at radius 3 is 2.65 bits per heavy atom. The van der Waals surface area contributed by atoms with E-state index < -0.39 is 0 Å². The van der Waals surface area contributed by atoms with Gasteiger partial charge in [-0.1, -0.05) is 11.6 Å². The van der Waals surface area contributed by atoms with Crippen LogP contribution < -0.4 is 10.1 Å². The molecule has 17 heavy (non-hydrogen) atoms. The number of halogens is 1. The van der Waals surface area contributed by atoms with Crippen molar-refractivity contribution in [2.45, 2.75) is 31.7 Å². The largest absolute Gasteiger partial charge is 0.495 e. The van der Waals surface area contributed by atoms with E-state index in [9.17, 15) is 4.79 Å². The van der Waals surface area contributed by atoms with Crippen LogP contribution in [0.25, 0.3) is 0 Å². The average Bonchev–Trinajstić information content (AvgIpc) is 2.32. The Kier molecular flexibility index (Phi) is 3.89. The Bertz CT molecular complexity index is 410. The lowest BCUT2D eigenvalue weighted by molar-refractivity contribution is -0.120. The lowest BCUT2D eigenvalue weighted by Crippen LogP contribution is -2.25. The second-order valence-electron chi connectivity index (χ2n) is 4.31.